The number of fused-ring (bicyclic) bond motifs is 3. The number of carbonyl (C=O) groups excluding carboxylic acids is 1. The Bertz CT molecular complexity index is 1460. The molecular weight excluding hydrogens is 520 g/mol. The number of aliphatic hydroxyl groups is 1. The third-order valence-corrected chi connectivity index (χ3v) is 7.48. The van der Waals surface area contributed by atoms with Crippen LogP contribution in [-0.4, -0.2) is 76.3 Å². The number of nitrogens with zero attached hydrogens (tertiary/aromatic N) is 4. The molecule has 0 bridgehead atoms. The Kier molecular flexibility index (Phi) is 8.30. The van der Waals surface area contributed by atoms with Gasteiger partial charge in [0.15, 0.2) is 11.5 Å². The molecule has 0 saturated heterocycles. The zero-order chi connectivity index (χ0) is 29.1. The van der Waals surface area contributed by atoms with Gasteiger partial charge >= 0.3 is 0 Å². The number of ether oxygens (including phenoxy) is 2. The van der Waals surface area contributed by atoms with Crippen molar-refractivity contribution in [2.45, 2.75) is 46.9 Å². The molecule has 216 valence electrons. The highest BCUT2D eigenvalue weighted by atomic mass is 16.5. The molecule has 0 fully saturated rings. The number of methoxy groups -OCH3 is 1. The molecule has 3 N–H and O–H groups in total. The number of carbonyl (C=O) groups is 1. The van der Waals surface area contributed by atoms with Gasteiger partial charge in [0.1, 0.15) is 11.5 Å². The highest BCUT2D eigenvalue weighted by molar-refractivity contribution is 6.02. The molecule has 0 aliphatic carbocycles. The Morgan fingerprint density at radius 3 is 2.66 bits per heavy atom. The number of nitrogens with one attached hydrogen (secondary N) is 2. The van der Waals surface area contributed by atoms with Crippen molar-refractivity contribution in [2.75, 3.05) is 33.4 Å². The standard InChI is InChI=1S/C31H38N6O4/c1-6-41-27-14-22-8-7-10-36-25(23(22)15-26(27)40-5)16-28(35-29-20(3)12-19(2)13-21(29)4)37(31(36)39)11-9-33-30(38)24-17-32-18-34-24/h12-18,31,39H,6-11H2,1-5H3,(H,32,34)(H,33,38). The van der Waals surface area contributed by atoms with Crippen LogP contribution in [0.15, 0.2) is 47.9 Å². The maximum Gasteiger partial charge on any atom is 0.269 e. The molecule has 1 aromatic heterocycles. The highest BCUT2D eigenvalue weighted by Crippen LogP contribution is 2.40. The quantitative estimate of drug-likeness (QED) is 0.382. The van der Waals surface area contributed by atoms with E-state index in [4.69, 9.17) is 14.5 Å². The second kappa shape index (κ2) is 12.1. The largest absolute Gasteiger partial charge is 0.493 e. The van der Waals surface area contributed by atoms with Crippen molar-refractivity contribution in [3.8, 4) is 11.5 Å². The van der Waals surface area contributed by atoms with E-state index < -0.39 is 6.35 Å². The van der Waals surface area contributed by atoms with Crippen LogP contribution in [0.1, 0.15) is 51.7 Å². The van der Waals surface area contributed by atoms with Gasteiger partial charge < -0.3 is 34.7 Å². The Hall–Kier alpha value is -4.31. The van der Waals surface area contributed by atoms with E-state index in [2.05, 4.69) is 40.4 Å². The summed E-state index contributed by atoms with van der Waals surface area (Å²) in [6, 6.07) is 8.27. The van der Waals surface area contributed by atoms with Gasteiger partial charge in [0.2, 0.25) is 6.35 Å². The minimum Gasteiger partial charge on any atom is -0.493 e. The normalized spacial score (nSPS) is 17.5. The van der Waals surface area contributed by atoms with E-state index in [1.54, 1.807) is 7.11 Å². The average Bonchev–Trinajstić information content (AvgIpc) is 3.42. The van der Waals surface area contributed by atoms with Gasteiger partial charge in [0.05, 0.1) is 37.6 Å². The van der Waals surface area contributed by atoms with Crippen molar-refractivity contribution in [1.82, 2.24) is 25.1 Å². The fourth-order valence-electron chi connectivity index (χ4n) is 5.64. The molecule has 41 heavy (non-hydrogen) atoms. The molecule has 10 nitrogen and oxygen atoms in total. The van der Waals surface area contributed by atoms with E-state index >= 15 is 0 Å². The number of aromatic nitrogens is 2. The molecule has 1 unspecified atom stereocenters. The highest BCUT2D eigenvalue weighted by Gasteiger charge is 2.35. The number of amidine groups is 1. The van der Waals surface area contributed by atoms with Gasteiger partial charge in [0, 0.05) is 31.3 Å². The second-order valence-corrected chi connectivity index (χ2v) is 10.4. The number of rotatable bonds is 8. The van der Waals surface area contributed by atoms with E-state index in [1.807, 2.05) is 42.7 Å². The second-order valence-electron chi connectivity index (χ2n) is 10.4. The Morgan fingerprint density at radius 1 is 1.20 bits per heavy atom. The fraction of sp³-hybridized carbons (Fsp3) is 0.387. The van der Waals surface area contributed by atoms with Crippen LogP contribution in [0.5, 0.6) is 11.5 Å². The van der Waals surface area contributed by atoms with Crippen LogP contribution in [0.3, 0.4) is 0 Å². The molecule has 0 spiro atoms. The zero-order valence-corrected chi connectivity index (χ0v) is 24.3. The number of aromatic amines is 1. The number of amides is 1. The molecule has 0 saturated carbocycles. The third-order valence-electron chi connectivity index (χ3n) is 7.48. The van der Waals surface area contributed by atoms with E-state index in [1.165, 1.54) is 18.1 Å². The summed E-state index contributed by atoms with van der Waals surface area (Å²) >= 11 is 0. The van der Waals surface area contributed by atoms with Crippen LogP contribution < -0.4 is 14.8 Å². The molecule has 0 radical (unpaired) electrons. The summed E-state index contributed by atoms with van der Waals surface area (Å²) in [6.07, 6.45) is 5.69. The zero-order valence-electron chi connectivity index (χ0n) is 24.3. The van der Waals surface area contributed by atoms with Gasteiger partial charge in [-0.2, -0.15) is 0 Å². The van der Waals surface area contributed by atoms with Gasteiger partial charge in [-0.05, 0) is 69.4 Å². The van der Waals surface area contributed by atoms with Gasteiger partial charge in [-0.25, -0.2) is 9.98 Å². The Labute approximate surface area is 240 Å². The summed E-state index contributed by atoms with van der Waals surface area (Å²) in [5, 5.41) is 14.7. The molecule has 2 aromatic carbocycles. The van der Waals surface area contributed by atoms with Crippen LogP contribution in [0.25, 0.3) is 5.70 Å². The van der Waals surface area contributed by atoms with Crippen LogP contribution >= 0.6 is 0 Å². The lowest BCUT2D eigenvalue weighted by molar-refractivity contribution is -0.0515. The predicted octanol–water partition coefficient (Wildman–Crippen LogP) is 4.08. The number of H-pyrrole nitrogens is 1. The maximum atomic E-state index is 12.5. The number of aliphatic hydroxyl groups excluding tert-OH is 1. The molecular formula is C31H38N6O4. The molecule has 3 heterocycles. The summed E-state index contributed by atoms with van der Waals surface area (Å²) in [7, 11) is 1.64. The van der Waals surface area contributed by atoms with Crippen LogP contribution in [0.4, 0.5) is 5.69 Å². The van der Waals surface area contributed by atoms with E-state index in [9.17, 15) is 9.90 Å². The summed E-state index contributed by atoms with van der Waals surface area (Å²) in [5.74, 6) is 1.73. The van der Waals surface area contributed by atoms with Crippen LogP contribution in [0, 0.1) is 20.8 Å². The number of hydrogen-bond donors (Lipinski definition) is 3. The average molecular weight is 559 g/mol. The van der Waals surface area contributed by atoms with Gasteiger partial charge in [0.25, 0.3) is 5.91 Å². The minimum absolute atomic E-state index is 0.255. The van der Waals surface area contributed by atoms with Gasteiger partial charge in [-0.15, -0.1) is 0 Å². The van der Waals surface area contributed by atoms with Crippen molar-refractivity contribution in [2.24, 2.45) is 4.99 Å². The van der Waals surface area contributed by atoms with Crippen molar-refractivity contribution >= 4 is 23.1 Å². The smallest absolute Gasteiger partial charge is 0.269 e. The predicted molar refractivity (Wildman–Crippen MR) is 159 cm³/mol. The van der Waals surface area contributed by atoms with Crippen molar-refractivity contribution < 1.29 is 19.4 Å². The summed E-state index contributed by atoms with van der Waals surface area (Å²) in [4.78, 5) is 28.2. The Morgan fingerprint density at radius 2 is 1.98 bits per heavy atom. The Balaban J connectivity index is 1.57. The molecule has 2 aliphatic rings. The van der Waals surface area contributed by atoms with Crippen LogP contribution in [-0.2, 0) is 6.42 Å². The molecule has 10 heteroatoms. The molecule has 5 rings (SSSR count). The summed E-state index contributed by atoms with van der Waals surface area (Å²) in [6.45, 7) is 9.98. The van der Waals surface area contributed by atoms with E-state index in [0.29, 0.717) is 49.3 Å². The number of imidazole rings is 1. The lowest BCUT2D eigenvalue weighted by atomic mass is 9.99. The lowest BCUT2D eigenvalue weighted by Gasteiger charge is -2.43. The first kappa shape index (κ1) is 28.2. The molecule has 1 atom stereocenters. The van der Waals surface area contributed by atoms with Crippen molar-refractivity contribution in [3.05, 3.63) is 76.4 Å². The first-order valence-corrected chi connectivity index (χ1v) is 14.0. The monoisotopic (exact) mass is 558 g/mol. The SMILES string of the molecule is CCOc1cc2c(cc1OC)C1=CC(=Nc3c(C)cc(C)cc3C)N(CCNC(=O)c3cnc[nH]3)C(O)N1CCC2. The third kappa shape index (κ3) is 5.78. The topological polar surface area (TPSA) is 115 Å². The fourth-order valence-corrected chi connectivity index (χ4v) is 5.64. The van der Waals surface area contributed by atoms with E-state index in [-0.39, 0.29) is 5.91 Å². The number of benzene rings is 2. The van der Waals surface area contributed by atoms with Gasteiger partial charge in [-0.1, -0.05) is 17.7 Å². The first-order chi connectivity index (χ1) is 19.8. The summed E-state index contributed by atoms with van der Waals surface area (Å²) in [5.41, 5.74) is 7.54. The lowest BCUT2D eigenvalue weighted by Crippen LogP contribution is -2.55. The number of aryl methyl sites for hydroxylation is 4. The summed E-state index contributed by atoms with van der Waals surface area (Å²) < 4.78 is 11.5. The first-order valence-electron chi connectivity index (χ1n) is 14.0. The molecule has 1 amide bonds. The van der Waals surface area contributed by atoms with Crippen molar-refractivity contribution in [3.63, 3.8) is 0 Å². The maximum absolute atomic E-state index is 12.5. The minimum atomic E-state index is -0.979. The molecule has 3 aromatic rings. The number of hydrogen-bond acceptors (Lipinski definition) is 7. The number of aliphatic imine (C=N–C) groups is 1. The molecule has 2 aliphatic heterocycles. The van der Waals surface area contributed by atoms with Gasteiger partial charge in [-0.3, -0.25) is 4.79 Å². The van der Waals surface area contributed by atoms with Crippen LogP contribution in [0.2, 0.25) is 0 Å². The van der Waals surface area contributed by atoms with E-state index in [0.717, 1.165) is 46.5 Å². The van der Waals surface area contributed by atoms with Crippen molar-refractivity contribution in [1.29, 1.82) is 0 Å².